The Balaban J connectivity index is 1.58. The standard InChI is InChI=1S/C26H29ClN4O4S/c1-4-15-31-23(8-6-7-18-9-12-20(34-3)13-10-18)29-30-26(31)36-17-24(32)28-22-16-19(11-14-21(22)27)25(33)35-5-2/h4,9-14,16H,1,5-8,15,17H2,2-3H3,(H,28,32). The molecular weight excluding hydrogens is 500 g/mol. The summed E-state index contributed by atoms with van der Waals surface area (Å²) in [6.45, 7) is 6.36. The van der Waals surface area contributed by atoms with Gasteiger partial charge in [0.25, 0.3) is 0 Å². The molecular formula is C26H29ClN4O4S. The van der Waals surface area contributed by atoms with Gasteiger partial charge in [-0.05, 0) is 55.7 Å². The summed E-state index contributed by atoms with van der Waals surface area (Å²) in [5.41, 5.74) is 1.89. The molecule has 3 rings (SSSR count). The van der Waals surface area contributed by atoms with E-state index in [9.17, 15) is 9.59 Å². The second kappa shape index (κ2) is 13.7. The number of ether oxygens (including phenoxy) is 2. The van der Waals surface area contributed by atoms with Crippen molar-refractivity contribution >= 4 is 40.9 Å². The highest BCUT2D eigenvalue weighted by atomic mass is 35.5. The molecule has 0 fully saturated rings. The molecule has 0 aliphatic carbocycles. The average Bonchev–Trinajstić information content (AvgIpc) is 3.26. The van der Waals surface area contributed by atoms with Crippen molar-refractivity contribution in [1.29, 1.82) is 0 Å². The van der Waals surface area contributed by atoms with Crippen molar-refractivity contribution in [2.75, 3.05) is 24.8 Å². The molecule has 0 aliphatic heterocycles. The van der Waals surface area contributed by atoms with Gasteiger partial charge in [-0.1, -0.05) is 41.6 Å². The topological polar surface area (TPSA) is 95.3 Å². The van der Waals surface area contributed by atoms with Crippen molar-refractivity contribution in [1.82, 2.24) is 14.8 Å². The molecule has 1 aromatic heterocycles. The minimum atomic E-state index is -0.476. The molecule has 0 saturated carbocycles. The van der Waals surface area contributed by atoms with Crippen molar-refractivity contribution in [2.45, 2.75) is 37.9 Å². The maximum absolute atomic E-state index is 12.6. The summed E-state index contributed by atoms with van der Waals surface area (Å²) in [6.07, 6.45) is 4.33. The number of nitrogens with zero attached hydrogens (tertiary/aromatic N) is 3. The monoisotopic (exact) mass is 528 g/mol. The Hall–Kier alpha value is -3.30. The number of aryl methyl sites for hydroxylation is 2. The summed E-state index contributed by atoms with van der Waals surface area (Å²) in [7, 11) is 1.65. The van der Waals surface area contributed by atoms with Crippen molar-refractivity contribution < 1.29 is 19.1 Å². The summed E-state index contributed by atoms with van der Waals surface area (Å²) in [6, 6.07) is 12.6. The summed E-state index contributed by atoms with van der Waals surface area (Å²) in [5, 5.41) is 12.3. The van der Waals surface area contributed by atoms with Gasteiger partial charge in [-0.2, -0.15) is 0 Å². The molecule has 0 unspecified atom stereocenters. The third-order valence-corrected chi connectivity index (χ3v) is 6.51. The van der Waals surface area contributed by atoms with Gasteiger partial charge in [0, 0.05) is 13.0 Å². The van der Waals surface area contributed by atoms with Crippen LogP contribution >= 0.6 is 23.4 Å². The number of esters is 1. The number of halogens is 1. The van der Waals surface area contributed by atoms with Crippen molar-refractivity contribution in [2.24, 2.45) is 0 Å². The lowest BCUT2D eigenvalue weighted by Crippen LogP contribution is -2.16. The molecule has 8 nitrogen and oxygen atoms in total. The number of hydrogen-bond donors (Lipinski definition) is 1. The minimum Gasteiger partial charge on any atom is -0.497 e. The molecule has 36 heavy (non-hydrogen) atoms. The van der Waals surface area contributed by atoms with Crippen LogP contribution in [0.25, 0.3) is 0 Å². The maximum Gasteiger partial charge on any atom is 0.338 e. The van der Waals surface area contributed by atoms with Gasteiger partial charge in [-0.25, -0.2) is 4.79 Å². The highest BCUT2D eigenvalue weighted by Gasteiger charge is 2.15. The van der Waals surface area contributed by atoms with Crippen LogP contribution in [0.5, 0.6) is 5.75 Å². The number of aromatic nitrogens is 3. The highest BCUT2D eigenvalue weighted by Crippen LogP contribution is 2.25. The van der Waals surface area contributed by atoms with Gasteiger partial charge in [-0.3, -0.25) is 4.79 Å². The first kappa shape index (κ1) is 27.3. The Bertz CT molecular complexity index is 1200. The summed E-state index contributed by atoms with van der Waals surface area (Å²) >= 11 is 7.47. The average molecular weight is 529 g/mol. The molecule has 10 heteroatoms. The van der Waals surface area contributed by atoms with Crippen LogP contribution in [0.4, 0.5) is 5.69 Å². The Kier molecular flexibility index (Phi) is 10.4. The summed E-state index contributed by atoms with van der Waals surface area (Å²) in [4.78, 5) is 24.6. The van der Waals surface area contributed by atoms with Crippen LogP contribution in [0.15, 0.2) is 60.3 Å². The molecule has 1 heterocycles. The fourth-order valence-electron chi connectivity index (χ4n) is 3.44. The highest BCUT2D eigenvalue weighted by molar-refractivity contribution is 7.99. The number of carbonyl (C=O) groups excluding carboxylic acids is 2. The van der Waals surface area contributed by atoms with Crippen molar-refractivity contribution in [3.05, 3.63) is 77.1 Å². The largest absolute Gasteiger partial charge is 0.497 e. The Morgan fingerprint density at radius 2 is 1.94 bits per heavy atom. The Labute approximate surface area is 220 Å². The van der Waals surface area contributed by atoms with Crippen LogP contribution in [0.1, 0.15) is 35.1 Å². The molecule has 0 atom stereocenters. The molecule has 0 saturated heterocycles. The predicted molar refractivity (Wildman–Crippen MR) is 142 cm³/mol. The number of benzene rings is 2. The fourth-order valence-corrected chi connectivity index (χ4v) is 4.38. The predicted octanol–water partition coefficient (Wildman–Crippen LogP) is 5.21. The van der Waals surface area contributed by atoms with Crippen LogP contribution < -0.4 is 10.1 Å². The van der Waals surface area contributed by atoms with Gasteiger partial charge in [-0.15, -0.1) is 16.8 Å². The maximum atomic E-state index is 12.6. The van der Waals surface area contributed by atoms with Crippen LogP contribution in [0.3, 0.4) is 0 Å². The van der Waals surface area contributed by atoms with Gasteiger partial charge in [0.1, 0.15) is 11.6 Å². The Morgan fingerprint density at radius 3 is 2.64 bits per heavy atom. The number of hydrogen-bond acceptors (Lipinski definition) is 7. The fraction of sp³-hybridized carbons (Fsp3) is 0.308. The number of rotatable bonds is 13. The molecule has 3 aromatic rings. The third-order valence-electron chi connectivity index (χ3n) is 5.21. The molecule has 0 radical (unpaired) electrons. The van der Waals surface area contributed by atoms with Crippen molar-refractivity contribution in [3.8, 4) is 5.75 Å². The molecule has 1 amide bonds. The number of nitrogens with one attached hydrogen (secondary N) is 1. The van der Waals surface area contributed by atoms with E-state index < -0.39 is 5.97 Å². The zero-order valence-electron chi connectivity index (χ0n) is 20.3. The number of carbonyl (C=O) groups is 2. The lowest BCUT2D eigenvalue weighted by atomic mass is 10.1. The normalized spacial score (nSPS) is 10.6. The van der Waals surface area contributed by atoms with Crippen LogP contribution in [-0.2, 0) is 28.9 Å². The van der Waals surface area contributed by atoms with E-state index in [-0.39, 0.29) is 18.3 Å². The van der Waals surface area contributed by atoms with E-state index in [1.54, 1.807) is 32.2 Å². The van der Waals surface area contributed by atoms with Crippen LogP contribution in [0, 0.1) is 0 Å². The third kappa shape index (κ3) is 7.60. The zero-order valence-corrected chi connectivity index (χ0v) is 21.9. The van der Waals surface area contributed by atoms with E-state index in [0.717, 1.165) is 30.8 Å². The first-order chi connectivity index (χ1) is 17.4. The van der Waals surface area contributed by atoms with Gasteiger partial charge >= 0.3 is 5.97 Å². The lowest BCUT2D eigenvalue weighted by Gasteiger charge is -2.10. The van der Waals surface area contributed by atoms with Crippen LogP contribution in [-0.4, -0.2) is 46.1 Å². The molecule has 0 bridgehead atoms. The SMILES string of the molecule is C=CCn1c(CCCc2ccc(OC)cc2)nnc1SCC(=O)Nc1cc(C(=O)OCC)ccc1Cl. The van der Waals surface area contributed by atoms with E-state index >= 15 is 0 Å². The molecule has 0 aliphatic rings. The van der Waals surface area contributed by atoms with Crippen LogP contribution in [0.2, 0.25) is 5.02 Å². The molecule has 1 N–H and O–H groups in total. The van der Waals surface area contributed by atoms with Gasteiger partial charge < -0.3 is 19.4 Å². The molecule has 0 spiro atoms. The van der Waals surface area contributed by atoms with E-state index in [4.69, 9.17) is 21.1 Å². The second-order valence-corrected chi connectivity index (χ2v) is 9.10. The number of thioether (sulfide) groups is 1. The summed E-state index contributed by atoms with van der Waals surface area (Å²) < 4.78 is 12.2. The first-order valence-electron chi connectivity index (χ1n) is 11.5. The van der Waals surface area contributed by atoms with Gasteiger partial charge in [0.15, 0.2) is 5.16 Å². The van der Waals surface area contributed by atoms with Crippen molar-refractivity contribution in [3.63, 3.8) is 0 Å². The van der Waals surface area contributed by atoms with E-state index in [1.165, 1.54) is 23.4 Å². The summed E-state index contributed by atoms with van der Waals surface area (Å²) in [5.74, 6) is 1.02. The van der Waals surface area contributed by atoms with Gasteiger partial charge in [0.05, 0.1) is 35.7 Å². The Morgan fingerprint density at radius 1 is 1.17 bits per heavy atom. The number of allylic oxidation sites excluding steroid dienone is 1. The first-order valence-corrected chi connectivity index (χ1v) is 12.9. The molecule has 190 valence electrons. The van der Waals surface area contributed by atoms with E-state index in [0.29, 0.717) is 28.0 Å². The lowest BCUT2D eigenvalue weighted by molar-refractivity contribution is -0.113. The quantitative estimate of drug-likeness (QED) is 0.185. The number of amides is 1. The van der Waals surface area contributed by atoms with Gasteiger partial charge in [0.2, 0.25) is 5.91 Å². The number of methoxy groups -OCH3 is 1. The molecule has 2 aromatic carbocycles. The minimum absolute atomic E-state index is 0.0983. The van der Waals surface area contributed by atoms with E-state index in [1.807, 2.05) is 16.7 Å². The second-order valence-electron chi connectivity index (χ2n) is 7.75. The smallest absolute Gasteiger partial charge is 0.338 e. The zero-order chi connectivity index (χ0) is 25.9. The number of anilines is 1. The van der Waals surface area contributed by atoms with E-state index in [2.05, 4.69) is 34.2 Å².